The highest BCUT2D eigenvalue weighted by atomic mass is 19.2. The van der Waals surface area contributed by atoms with Crippen molar-refractivity contribution in [2.75, 3.05) is 5.73 Å². The number of aromatic amines is 1. The number of H-pyrrole nitrogens is 1. The fourth-order valence-electron chi connectivity index (χ4n) is 2.01. The Morgan fingerprint density at radius 2 is 1.84 bits per heavy atom. The predicted molar refractivity (Wildman–Crippen MR) is 70.6 cm³/mol. The number of aromatic nitrogens is 2. The Morgan fingerprint density at radius 1 is 1.11 bits per heavy atom. The number of anilines is 1. The molecule has 1 heterocycles. The molecule has 0 unspecified atom stereocenters. The molecule has 96 valence electrons. The highest BCUT2D eigenvalue weighted by molar-refractivity contribution is 5.82. The maximum atomic E-state index is 13.2. The Labute approximate surface area is 108 Å². The third kappa shape index (κ3) is 1.93. The monoisotopic (exact) mass is 259 g/mol. The third-order valence-electron chi connectivity index (χ3n) is 2.99. The zero-order chi connectivity index (χ0) is 13.6. The molecular formula is C14H11F2N3. The Hall–Kier alpha value is -2.43. The molecule has 0 bridgehead atoms. The van der Waals surface area contributed by atoms with Crippen LogP contribution in [0.15, 0.2) is 30.3 Å². The summed E-state index contributed by atoms with van der Waals surface area (Å²) in [5, 5.41) is 0. The number of halogens is 2. The highest BCUT2D eigenvalue weighted by Gasteiger charge is 2.11. The van der Waals surface area contributed by atoms with Crippen LogP contribution in [0, 0.1) is 18.6 Å². The van der Waals surface area contributed by atoms with E-state index in [1.807, 2.05) is 19.1 Å². The number of nitrogens with two attached hydrogens (primary N) is 1. The molecule has 3 aromatic rings. The lowest BCUT2D eigenvalue weighted by atomic mass is 10.1. The molecule has 0 aliphatic heterocycles. The van der Waals surface area contributed by atoms with E-state index in [1.165, 1.54) is 0 Å². The first-order chi connectivity index (χ1) is 9.04. The molecule has 3 rings (SSSR count). The maximum Gasteiger partial charge on any atom is 0.161 e. The first-order valence-electron chi connectivity index (χ1n) is 5.76. The van der Waals surface area contributed by atoms with Crippen molar-refractivity contribution in [1.82, 2.24) is 9.97 Å². The lowest BCUT2D eigenvalue weighted by molar-refractivity contribution is 0.510. The molecule has 0 amide bonds. The Bertz CT molecular complexity index is 739. The van der Waals surface area contributed by atoms with Gasteiger partial charge in [-0.25, -0.2) is 13.8 Å². The van der Waals surface area contributed by atoms with E-state index >= 15 is 0 Å². The van der Waals surface area contributed by atoms with Crippen molar-refractivity contribution < 1.29 is 8.78 Å². The summed E-state index contributed by atoms with van der Waals surface area (Å²) in [6.45, 7) is 1.94. The van der Waals surface area contributed by atoms with E-state index in [-0.39, 0.29) is 0 Å². The Kier molecular flexibility index (Phi) is 2.48. The Balaban J connectivity index is 2.23. The molecule has 0 saturated carbocycles. The first-order valence-corrected chi connectivity index (χ1v) is 5.76. The number of imidazole rings is 1. The van der Waals surface area contributed by atoms with Gasteiger partial charge in [0.25, 0.3) is 0 Å². The van der Waals surface area contributed by atoms with Gasteiger partial charge < -0.3 is 10.7 Å². The summed E-state index contributed by atoms with van der Waals surface area (Å²) < 4.78 is 26.3. The molecule has 0 radical (unpaired) electrons. The average molecular weight is 259 g/mol. The van der Waals surface area contributed by atoms with Gasteiger partial charge in [0.1, 0.15) is 5.82 Å². The normalized spacial score (nSPS) is 11.1. The summed E-state index contributed by atoms with van der Waals surface area (Å²) in [5.74, 6) is -1.32. The molecule has 0 saturated heterocycles. The van der Waals surface area contributed by atoms with Crippen LogP contribution in [-0.4, -0.2) is 9.97 Å². The smallest absolute Gasteiger partial charge is 0.161 e. The molecule has 0 fully saturated rings. The van der Waals surface area contributed by atoms with Crippen molar-refractivity contribution in [3.63, 3.8) is 0 Å². The molecule has 0 atom stereocenters. The summed E-state index contributed by atoms with van der Waals surface area (Å²) in [6, 6.07) is 7.70. The fourth-order valence-corrected chi connectivity index (χ4v) is 2.01. The van der Waals surface area contributed by atoms with Crippen LogP contribution in [0.3, 0.4) is 0 Å². The maximum absolute atomic E-state index is 13.2. The number of fused-ring (bicyclic) bond motifs is 1. The van der Waals surface area contributed by atoms with Crippen molar-refractivity contribution in [2.24, 2.45) is 0 Å². The number of hydrogen-bond donors (Lipinski definition) is 2. The molecule has 3 nitrogen and oxygen atoms in total. The first kappa shape index (κ1) is 11.6. The molecular weight excluding hydrogens is 248 g/mol. The van der Waals surface area contributed by atoms with E-state index in [9.17, 15) is 8.78 Å². The van der Waals surface area contributed by atoms with Crippen molar-refractivity contribution in [3.8, 4) is 11.4 Å². The molecule has 0 aliphatic rings. The van der Waals surface area contributed by atoms with Gasteiger partial charge in [-0.05, 0) is 19.1 Å². The van der Waals surface area contributed by atoms with Crippen LogP contribution in [0.2, 0.25) is 0 Å². The SMILES string of the molecule is Cc1ccc(N)c(-c2nc3cc(F)c(F)cc3[nH]2)c1. The van der Waals surface area contributed by atoms with Gasteiger partial charge >= 0.3 is 0 Å². The number of aryl methyl sites for hydroxylation is 1. The second kappa shape index (κ2) is 4.05. The summed E-state index contributed by atoms with van der Waals surface area (Å²) in [6.07, 6.45) is 0. The topological polar surface area (TPSA) is 54.7 Å². The van der Waals surface area contributed by atoms with Crippen molar-refractivity contribution >= 4 is 16.7 Å². The minimum Gasteiger partial charge on any atom is -0.398 e. The molecule has 3 N–H and O–H groups in total. The van der Waals surface area contributed by atoms with Crippen molar-refractivity contribution in [1.29, 1.82) is 0 Å². The highest BCUT2D eigenvalue weighted by Crippen LogP contribution is 2.27. The van der Waals surface area contributed by atoms with Gasteiger partial charge in [-0.2, -0.15) is 0 Å². The zero-order valence-electron chi connectivity index (χ0n) is 10.2. The van der Waals surface area contributed by atoms with Crippen LogP contribution in [0.1, 0.15) is 5.56 Å². The largest absolute Gasteiger partial charge is 0.398 e. The van der Waals surface area contributed by atoms with Gasteiger partial charge in [-0.15, -0.1) is 0 Å². The van der Waals surface area contributed by atoms with Gasteiger partial charge in [0, 0.05) is 23.4 Å². The zero-order valence-corrected chi connectivity index (χ0v) is 10.2. The number of benzene rings is 2. The van der Waals surface area contributed by atoms with Gasteiger partial charge in [0.2, 0.25) is 0 Å². The lowest BCUT2D eigenvalue weighted by Crippen LogP contribution is -1.91. The van der Waals surface area contributed by atoms with E-state index < -0.39 is 11.6 Å². The van der Waals surface area contributed by atoms with Crippen LogP contribution in [0.4, 0.5) is 14.5 Å². The van der Waals surface area contributed by atoms with Gasteiger partial charge in [-0.1, -0.05) is 11.6 Å². The standard InChI is InChI=1S/C14H11F2N3/c1-7-2-3-11(17)8(4-7)14-18-12-5-9(15)10(16)6-13(12)19-14/h2-6H,17H2,1H3,(H,18,19). The molecule has 0 spiro atoms. The van der Waals surface area contributed by atoms with Crippen LogP contribution in [0.25, 0.3) is 22.4 Å². The van der Waals surface area contributed by atoms with Crippen LogP contribution < -0.4 is 5.73 Å². The van der Waals surface area contributed by atoms with Crippen molar-refractivity contribution in [3.05, 3.63) is 47.5 Å². The molecule has 2 aromatic carbocycles. The van der Waals surface area contributed by atoms with Crippen molar-refractivity contribution in [2.45, 2.75) is 6.92 Å². The molecule has 1 aromatic heterocycles. The van der Waals surface area contributed by atoms with Crippen LogP contribution in [0.5, 0.6) is 0 Å². The minimum atomic E-state index is -0.914. The second-order valence-corrected chi connectivity index (χ2v) is 4.46. The average Bonchev–Trinajstić information content (AvgIpc) is 2.75. The van der Waals surface area contributed by atoms with E-state index in [0.717, 1.165) is 23.3 Å². The van der Waals surface area contributed by atoms with E-state index in [2.05, 4.69) is 9.97 Å². The summed E-state index contributed by atoms with van der Waals surface area (Å²) in [7, 11) is 0. The number of nitrogen functional groups attached to an aromatic ring is 1. The van der Waals surface area contributed by atoms with E-state index in [4.69, 9.17) is 5.73 Å². The molecule has 0 aliphatic carbocycles. The van der Waals surface area contributed by atoms with Gasteiger partial charge in [0.05, 0.1) is 11.0 Å². The summed E-state index contributed by atoms with van der Waals surface area (Å²) >= 11 is 0. The third-order valence-corrected chi connectivity index (χ3v) is 2.99. The number of rotatable bonds is 1. The minimum absolute atomic E-state index is 0.370. The summed E-state index contributed by atoms with van der Waals surface area (Å²) in [5.41, 5.74) is 9.01. The fraction of sp³-hybridized carbons (Fsp3) is 0.0714. The number of hydrogen-bond acceptors (Lipinski definition) is 2. The molecule has 19 heavy (non-hydrogen) atoms. The predicted octanol–water partition coefficient (Wildman–Crippen LogP) is 3.40. The van der Waals surface area contributed by atoms with Crippen LogP contribution >= 0.6 is 0 Å². The van der Waals surface area contributed by atoms with E-state index in [0.29, 0.717) is 22.5 Å². The van der Waals surface area contributed by atoms with E-state index in [1.54, 1.807) is 6.07 Å². The molecule has 5 heteroatoms. The lowest BCUT2D eigenvalue weighted by Gasteiger charge is -2.03. The second-order valence-electron chi connectivity index (χ2n) is 4.46. The van der Waals surface area contributed by atoms with Crippen LogP contribution in [-0.2, 0) is 0 Å². The Morgan fingerprint density at radius 3 is 2.63 bits per heavy atom. The number of nitrogens with one attached hydrogen (secondary N) is 1. The number of nitrogens with zero attached hydrogens (tertiary/aromatic N) is 1. The quantitative estimate of drug-likeness (QED) is 0.658. The van der Waals surface area contributed by atoms with Gasteiger partial charge in [0.15, 0.2) is 11.6 Å². The summed E-state index contributed by atoms with van der Waals surface area (Å²) in [4.78, 5) is 7.19. The van der Waals surface area contributed by atoms with Gasteiger partial charge in [-0.3, -0.25) is 0 Å².